The van der Waals surface area contributed by atoms with E-state index in [-0.39, 0.29) is 18.0 Å². The number of benzene rings is 1. The Hall–Kier alpha value is -1.84. The van der Waals surface area contributed by atoms with Crippen molar-refractivity contribution in [1.29, 1.82) is 0 Å². The van der Waals surface area contributed by atoms with Gasteiger partial charge in [0.25, 0.3) is 0 Å². The lowest BCUT2D eigenvalue weighted by molar-refractivity contribution is -0.149. The lowest BCUT2D eigenvalue weighted by Gasteiger charge is -2.24. The summed E-state index contributed by atoms with van der Waals surface area (Å²) in [5.41, 5.74) is 2.64. The monoisotopic (exact) mass is 289 g/mol. The first-order valence-electron chi connectivity index (χ1n) is 7.72. The molecular formula is C17H23NO3. The molecule has 1 aliphatic rings. The summed E-state index contributed by atoms with van der Waals surface area (Å²) in [6.07, 6.45) is 3.89. The Labute approximate surface area is 125 Å². The maximum atomic E-state index is 11.8. The third-order valence-corrected chi connectivity index (χ3v) is 3.76. The first-order valence-corrected chi connectivity index (χ1v) is 7.72. The summed E-state index contributed by atoms with van der Waals surface area (Å²) in [7, 11) is 0. The summed E-state index contributed by atoms with van der Waals surface area (Å²) in [4.78, 5) is 23.1. The van der Waals surface area contributed by atoms with E-state index in [2.05, 4.69) is 17.4 Å². The maximum absolute atomic E-state index is 11.8. The second-order valence-electron chi connectivity index (χ2n) is 5.43. The van der Waals surface area contributed by atoms with E-state index in [1.807, 2.05) is 19.1 Å². The van der Waals surface area contributed by atoms with Gasteiger partial charge in [0.15, 0.2) is 0 Å². The molecule has 0 spiro atoms. The molecule has 0 aliphatic heterocycles. The van der Waals surface area contributed by atoms with Crippen LogP contribution in [0.3, 0.4) is 0 Å². The van der Waals surface area contributed by atoms with Gasteiger partial charge in [0.05, 0.1) is 0 Å². The molecule has 1 atom stereocenters. The van der Waals surface area contributed by atoms with Gasteiger partial charge in [-0.25, -0.2) is 0 Å². The molecule has 0 unspecified atom stereocenters. The molecule has 0 radical (unpaired) electrons. The lowest BCUT2D eigenvalue weighted by Crippen LogP contribution is -2.26. The summed E-state index contributed by atoms with van der Waals surface area (Å²) in [6, 6.07) is 8.31. The van der Waals surface area contributed by atoms with Crippen molar-refractivity contribution in [2.75, 3.05) is 6.54 Å². The van der Waals surface area contributed by atoms with Crippen molar-refractivity contribution in [2.24, 2.45) is 0 Å². The molecule has 0 fully saturated rings. The number of nitrogens with one attached hydrogen (secondary N) is 1. The van der Waals surface area contributed by atoms with Gasteiger partial charge < -0.3 is 10.1 Å². The highest BCUT2D eigenvalue weighted by molar-refractivity contribution is 5.76. The minimum Gasteiger partial charge on any atom is -0.462 e. The van der Waals surface area contributed by atoms with Gasteiger partial charge >= 0.3 is 5.97 Å². The van der Waals surface area contributed by atoms with E-state index in [0.29, 0.717) is 25.8 Å². The molecule has 0 heterocycles. The highest BCUT2D eigenvalue weighted by Crippen LogP contribution is 2.23. The Balaban J connectivity index is 1.71. The topological polar surface area (TPSA) is 55.4 Å². The van der Waals surface area contributed by atoms with Crippen molar-refractivity contribution in [3.8, 4) is 0 Å². The number of hydrogen-bond donors (Lipinski definition) is 1. The van der Waals surface area contributed by atoms with Crippen molar-refractivity contribution < 1.29 is 14.3 Å². The number of rotatable bonds is 6. The van der Waals surface area contributed by atoms with Gasteiger partial charge in [-0.1, -0.05) is 24.3 Å². The molecule has 4 heteroatoms. The van der Waals surface area contributed by atoms with E-state index in [1.54, 1.807) is 0 Å². The van der Waals surface area contributed by atoms with E-state index < -0.39 is 0 Å². The third-order valence-electron chi connectivity index (χ3n) is 3.76. The zero-order chi connectivity index (χ0) is 15.1. The van der Waals surface area contributed by atoms with Gasteiger partial charge in [-0.3, -0.25) is 9.59 Å². The fourth-order valence-corrected chi connectivity index (χ4v) is 2.69. The SMILES string of the molecule is CCNC(=O)CCCC(=O)O[C@@H]1CCc2ccccc2C1. The largest absolute Gasteiger partial charge is 0.462 e. The van der Waals surface area contributed by atoms with E-state index >= 15 is 0 Å². The van der Waals surface area contributed by atoms with Crippen molar-refractivity contribution >= 4 is 11.9 Å². The molecule has 1 amide bonds. The molecule has 1 N–H and O–H groups in total. The fraction of sp³-hybridized carbons (Fsp3) is 0.529. The molecule has 0 saturated carbocycles. The van der Waals surface area contributed by atoms with Gasteiger partial charge in [-0.05, 0) is 37.3 Å². The van der Waals surface area contributed by atoms with Gasteiger partial charge in [0.2, 0.25) is 5.91 Å². The zero-order valence-electron chi connectivity index (χ0n) is 12.6. The Morgan fingerprint density at radius 3 is 2.76 bits per heavy atom. The van der Waals surface area contributed by atoms with Crippen molar-refractivity contribution in [1.82, 2.24) is 5.32 Å². The lowest BCUT2D eigenvalue weighted by atomic mass is 9.90. The average molecular weight is 289 g/mol. The van der Waals surface area contributed by atoms with Crippen molar-refractivity contribution in [3.05, 3.63) is 35.4 Å². The number of carbonyl (C=O) groups is 2. The maximum Gasteiger partial charge on any atom is 0.306 e. The van der Waals surface area contributed by atoms with Crippen LogP contribution in [-0.4, -0.2) is 24.5 Å². The molecular weight excluding hydrogens is 266 g/mol. The van der Waals surface area contributed by atoms with E-state index in [4.69, 9.17) is 4.74 Å². The number of fused-ring (bicyclic) bond motifs is 1. The molecule has 114 valence electrons. The summed E-state index contributed by atoms with van der Waals surface area (Å²) >= 11 is 0. The van der Waals surface area contributed by atoms with Gasteiger partial charge in [0.1, 0.15) is 6.10 Å². The molecule has 1 aromatic carbocycles. The molecule has 0 bridgehead atoms. The van der Waals surface area contributed by atoms with Crippen LogP contribution in [0.25, 0.3) is 0 Å². The minimum absolute atomic E-state index is 0.00288. The molecule has 2 rings (SSSR count). The van der Waals surface area contributed by atoms with Crippen LogP contribution in [-0.2, 0) is 27.2 Å². The van der Waals surface area contributed by atoms with Crippen LogP contribution in [0, 0.1) is 0 Å². The summed E-state index contributed by atoms with van der Waals surface area (Å²) in [6.45, 7) is 2.51. The van der Waals surface area contributed by atoms with Crippen LogP contribution in [0.5, 0.6) is 0 Å². The van der Waals surface area contributed by atoms with Crippen LogP contribution in [0.1, 0.15) is 43.7 Å². The van der Waals surface area contributed by atoms with Crippen LogP contribution < -0.4 is 5.32 Å². The van der Waals surface area contributed by atoms with Crippen molar-refractivity contribution in [3.63, 3.8) is 0 Å². The number of ether oxygens (including phenoxy) is 1. The molecule has 21 heavy (non-hydrogen) atoms. The van der Waals surface area contributed by atoms with E-state index in [9.17, 15) is 9.59 Å². The summed E-state index contributed by atoms with van der Waals surface area (Å²) in [5, 5.41) is 2.72. The second-order valence-corrected chi connectivity index (χ2v) is 5.43. The number of carbonyl (C=O) groups excluding carboxylic acids is 2. The normalized spacial score (nSPS) is 16.9. The second kappa shape index (κ2) is 7.81. The van der Waals surface area contributed by atoms with Crippen LogP contribution in [0.2, 0.25) is 0 Å². The van der Waals surface area contributed by atoms with E-state index in [1.165, 1.54) is 11.1 Å². The van der Waals surface area contributed by atoms with E-state index in [0.717, 1.165) is 19.3 Å². The molecule has 1 aliphatic carbocycles. The predicted octanol–water partition coefficient (Wildman–Crippen LogP) is 2.39. The minimum atomic E-state index is -0.191. The van der Waals surface area contributed by atoms with Crippen LogP contribution >= 0.6 is 0 Å². The molecule has 1 aromatic rings. The first-order chi connectivity index (χ1) is 10.2. The van der Waals surface area contributed by atoms with Crippen LogP contribution in [0.4, 0.5) is 0 Å². The fourth-order valence-electron chi connectivity index (χ4n) is 2.69. The van der Waals surface area contributed by atoms with Gasteiger partial charge in [-0.2, -0.15) is 0 Å². The third kappa shape index (κ3) is 4.88. The Kier molecular flexibility index (Phi) is 5.78. The average Bonchev–Trinajstić information content (AvgIpc) is 2.47. The molecule has 0 aromatic heterocycles. The quantitative estimate of drug-likeness (QED) is 0.818. The smallest absolute Gasteiger partial charge is 0.306 e. The van der Waals surface area contributed by atoms with Crippen molar-refractivity contribution in [2.45, 2.75) is 51.6 Å². The Bertz CT molecular complexity index is 499. The number of amides is 1. The number of aryl methyl sites for hydroxylation is 1. The highest BCUT2D eigenvalue weighted by Gasteiger charge is 2.21. The van der Waals surface area contributed by atoms with Gasteiger partial charge in [0, 0.05) is 25.8 Å². The number of hydrogen-bond acceptors (Lipinski definition) is 3. The zero-order valence-corrected chi connectivity index (χ0v) is 12.6. The van der Waals surface area contributed by atoms with Crippen LogP contribution in [0.15, 0.2) is 24.3 Å². The van der Waals surface area contributed by atoms with Gasteiger partial charge in [-0.15, -0.1) is 0 Å². The Morgan fingerprint density at radius 1 is 1.24 bits per heavy atom. The highest BCUT2D eigenvalue weighted by atomic mass is 16.5. The predicted molar refractivity (Wildman–Crippen MR) is 80.9 cm³/mol. The number of esters is 1. The molecule has 0 saturated heterocycles. The standard InChI is InChI=1S/C17H23NO3/c1-2-18-16(19)8-5-9-17(20)21-15-11-10-13-6-3-4-7-14(13)12-15/h3-4,6-7,15H,2,5,8-12H2,1H3,(H,18,19)/t15-/m1/s1. The molecule has 4 nitrogen and oxygen atoms in total. The summed E-state index contributed by atoms with van der Waals surface area (Å²) in [5.74, 6) is -0.194. The Morgan fingerprint density at radius 2 is 2.00 bits per heavy atom. The summed E-state index contributed by atoms with van der Waals surface area (Å²) < 4.78 is 5.52. The first kappa shape index (κ1) is 15.5.